The molecule has 0 aliphatic heterocycles. The fourth-order valence-electron chi connectivity index (χ4n) is 6.31. The van der Waals surface area contributed by atoms with Gasteiger partial charge in [0.15, 0.2) is 11.3 Å². The number of aromatic nitrogens is 1. The van der Waals surface area contributed by atoms with E-state index in [4.69, 9.17) is 14.5 Å². The summed E-state index contributed by atoms with van der Waals surface area (Å²) in [6, 6.07) is 4.11. The van der Waals surface area contributed by atoms with Gasteiger partial charge in [0.2, 0.25) is 5.78 Å². The van der Waals surface area contributed by atoms with Gasteiger partial charge in [0.05, 0.1) is 5.92 Å². The molecule has 0 aromatic carbocycles. The Kier molecular flexibility index (Phi) is 22.1. The zero-order valence-electron chi connectivity index (χ0n) is 35.8. The smallest absolute Gasteiger partial charge is 0.306 e. The molecular weight excluding hydrogens is 634 g/mol. The predicted octanol–water partition coefficient (Wildman–Crippen LogP) is 13.8. The van der Waals surface area contributed by atoms with Gasteiger partial charge >= 0.3 is 5.97 Å². The number of rotatable bonds is 8. The van der Waals surface area contributed by atoms with Crippen LogP contribution < -0.4 is 0 Å². The average Bonchev–Trinajstić information content (AvgIpc) is 3.52. The lowest BCUT2D eigenvalue weighted by atomic mass is 9.72. The van der Waals surface area contributed by atoms with E-state index in [-0.39, 0.29) is 29.0 Å². The number of carboxylic acids is 1. The number of carbonyl (C=O) groups excluding carboxylic acids is 2. The summed E-state index contributed by atoms with van der Waals surface area (Å²) >= 11 is 0. The van der Waals surface area contributed by atoms with Crippen molar-refractivity contribution in [2.75, 3.05) is 0 Å². The van der Waals surface area contributed by atoms with Crippen molar-refractivity contribution in [3.8, 4) is 0 Å². The summed E-state index contributed by atoms with van der Waals surface area (Å²) in [5.41, 5.74) is 4.90. The Hall–Kier alpha value is -2.50. The van der Waals surface area contributed by atoms with Crippen molar-refractivity contribution in [1.29, 1.82) is 0 Å². The molecule has 6 heteroatoms. The monoisotopic (exact) mass is 714 g/mol. The van der Waals surface area contributed by atoms with Gasteiger partial charge in [0, 0.05) is 35.1 Å². The predicted molar refractivity (Wildman–Crippen MR) is 217 cm³/mol. The van der Waals surface area contributed by atoms with Crippen LogP contribution in [0.25, 0.3) is 11.1 Å². The molecule has 1 atom stereocenters. The summed E-state index contributed by atoms with van der Waals surface area (Å²) < 4.78 is 6.07. The summed E-state index contributed by atoms with van der Waals surface area (Å²) in [6.07, 6.45) is 14.7. The molecule has 1 N–H and O–H groups in total. The first-order chi connectivity index (χ1) is 23.7. The first-order valence-electron chi connectivity index (χ1n) is 20.4. The van der Waals surface area contributed by atoms with Crippen molar-refractivity contribution in [2.24, 2.45) is 28.6 Å². The van der Waals surface area contributed by atoms with Crippen molar-refractivity contribution in [3.63, 3.8) is 0 Å². The van der Waals surface area contributed by atoms with Gasteiger partial charge in [0.1, 0.15) is 11.8 Å². The van der Waals surface area contributed by atoms with E-state index in [0.29, 0.717) is 35.3 Å². The molecule has 0 saturated heterocycles. The minimum atomic E-state index is -0.714. The summed E-state index contributed by atoms with van der Waals surface area (Å²) in [5.74, 6) is 0.220. The van der Waals surface area contributed by atoms with Gasteiger partial charge < -0.3 is 14.3 Å². The standard InChI is InChI=1S/C24H35NO2.C8H12O3.C7H16.C4H10.C2H6/c1-8-15(2)21(26)20-14-19-22(27-20)17(23(3,4)5)13-18(25-19)16-9-11-24(6,7)12-10-16;9-5-6-1-3-7(4-2-6)8(10)11;1-5-6-7(2,3)4;1-3-4-2;1-2/h13-16H,8-12H2,1-7H3;5-7H,1-4H2,(H,10,11);5-6H2,1-4H3;3-4H2,1-2H3;1-2H3. The number of Topliss-reactive ketones (excluding diaryl/α,β-unsaturated/α-hetero) is 1. The molecule has 0 spiro atoms. The molecule has 2 saturated carbocycles. The molecule has 0 amide bonds. The molecule has 2 aliphatic carbocycles. The van der Waals surface area contributed by atoms with Gasteiger partial charge in [-0.1, -0.05) is 123 Å². The third-order valence-electron chi connectivity index (χ3n) is 10.2. The Labute approximate surface area is 313 Å². The van der Waals surface area contributed by atoms with Crippen LogP contribution in [0.1, 0.15) is 215 Å². The van der Waals surface area contributed by atoms with E-state index >= 15 is 0 Å². The maximum absolute atomic E-state index is 12.6. The number of hydrogen-bond acceptors (Lipinski definition) is 5. The highest BCUT2D eigenvalue weighted by molar-refractivity contribution is 5.98. The van der Waals surface area contributed by atoms with Crippen LogP contribution >= 0.6 is 0 Å². The first kappa shape index (κ1) is 48.5. The minimum Gasteiger partial charge on any atom is -0.481 e. The lowest BCUT2D eigenvalue weighted by molar-refractivity contribution is -0.143. The van der Waals surface area contributed by atoms with Gasteiger partial charge in [-0.3, -0.25) is 9.59 Å². The molecule has 0 bridgehead atoms. The van der Waals surface area contributed by atoms with Crippen molar-refractivity contribution in [2.45, 2.75) is 199 Å². The Morgan fingerprint density at radius 1 is 0.902 bits per heavy atom. The number of nitrogens with zero attached hydrogens (tertiary/aromatic N) is 1. The minimum absolute atomic E-state index is 0.0244. The first-order valence-corrected chi connectivity index (χ1v) is 20.4. The molecule has 4 rings (SSSR count). The van der Waals surface area contributed by atoms with Crippen molar-refractivity contribution < 1.29 is 23.9 Å². The van der Waals surface area contributed by atoms with E-state index in [1.165, 1.54) is 57.1 Å². The van der Waals surface area contributed by atoms with Crippen LogP contribution in [0.4, 0.5) is 0 Å². The molecule has 294 valence electrons. The number of aldehydes is 1. The van der Waals surface area contributed by atoms with E-state index in [2.05, 4.69) is 82.2 Å². The molecule has 51 heavy (non-hydrogen) atoms. The van der Waals surface area contributed by atoms with Gasteiger partial charge in [-0.05, 0) is 86.5 Å². The Morgan fingerprint density at radius 2 is 1.43 bits per heavy atom. The number of carbonyl (C=O) groups is 3. The lowest BCUT2D eigenvalue weighted by Crippen LogP contribution is -2.21. The van der Waals surface area contributed by atoms with Crippen LogP contribution in [0.3, 0.4) is 0 Å². The summed E-state index contributed by atoms with van der Waals surface area (Å²) in [5, 5.41) is 8.61. The molecule has 1 unspecified atom stereocenters. The number of aliphatic carboxylic acids is 1. The molecule has 2 fully saturated rings. The lowest BCUT2D eigenvalue weighted by Gasteiger charge is -2.34. The number of furan rings is 1. The number of ketones is 1. The number of unbranched alkanes of at least 4 members (excludes halogenated alkanes) is 1. The molecule has 2 aliphatic rings. The third kappa shape index (κ3) is 17.7. The van der Waals surface area contributed by atoms with Crippen LogP contribution in [0.15, 0.2) is 16.5 Å². The largest absolute Gasteiger partial charge is 0.481 e. The van der Waals surface area contributed by atoms with Crippen molar-refractivity contribution >= 4 is 29.1 Å². The Balaban J connectivity index is 0.000000852. The van der Waals surface area contributed by atoms with Gasteiger partial charge in [0.25, 0.3) is 0 Å². The molecule has 6 nitrogen and oxygen atoms in total. The molecular formula is C45H79NO5. The third-order valence-corrected chi connectivity index (χ3v) is 10.2. The van der Waals surface area contributed by atoms with Gasteiger partial charge in [-0.2, -0.15) is 0 Å². The van der Waals surface area contributed by atoms with Gasteiger partial charge in [-0.25, -0.2) is 4.98 Å². The highest BCUT2D eigenvalue weighted by Crippen LogP contribution is 2.43. The summed E-state index contributed by atoms with van der Waals surface area (Å²) in [7, 11) is 0. The normalized spacial score (nSPS) is 19.4. The molecule has 2 aromatic rings. The highest BCUT2D eigenvalue weighted by Gasteiger charge is 2.31. The van der Waals surface area contributed by atoms with E-state index in [0.717, 1.165) is 42.2 Å². The number of hydrogen-bond donors (Lipinski definition) is 1. The number of pyridine rings is 1. The van der Waals surface area contributed by atoms with E-state index in [1.54, 1.807) is 0 Å². The average molecular weight is 714 g/mol. The van der Waals surface area contributed by atoms with E-state index < -0.39 is 5.97 Å². The fraction of sp³-hybridized carbons (Fsp3) is 0.778. The van der Waals surface area contributed by atoms with Crippen LogP contribution in [0, 0.1) is 28.6 Å². The number of fused-ring (bicyclic) bond motifs is 1. The zero-order chi connectivity index (χ0) is 39.6. The van der Waals surface area contributed by atoms with Crippen LogP contribution in [0.2, 0.25) is 0 Å². The molecule has 0 radical (unpaired) electrons. The SMILES string of the molecule is CC.CCC(C)C(=O)c1cc2nc(C3CCC(C)(C)CC3)cc(C(C)(C)C)c2o1.CCCC.CCCC(C)(C)C.O=CC1CCC(C(=O)O)CC1. The second-order valence-corrected chi connectivity index (χ2v) is 17.7. The van der Waals surface area contributed by atoms with Crippen LogP contribution in [-0.2, 0) is 15.0 Å². The summed E-state index contributed by atoms with van der Waals surface area (Å²) in [4.78, 5) is 38.4. The number of carboxylic acid groups (broad SMARTS) is 1. The van der Waals surface area contributed by atoms with Crippen molar-refractivity contribution in [3.05, 3.63) is 29.2 Å². The highest BCUT2D eigenvalue weighted by atomic mass is 16.4. The summed E-state index contributed by atoms with van der Waals surface area (Å²) in [6.45, 7) is 32.7. The maximum Gasteiger partial charge on any atom is 0.306 e. The second kappa shape index (κ2) is 23.2. The topological polar surface area (TPSA) is 97.5 Å². The fourth-order valence-corrected chi connectivity index (χ4v) is 6.31. The zero-order valence-corrected chi connectivity index (χ0v) is 35.8. The van der Waals surface area contributed by atoms with Crippen LogP contribution in [-0.4, -0.2) is 28.1 Å². The molecule has 2 heterocycles. The van der Waals surface area contributed by atoms with Crippen LogP contribution in [0.5, 0.6) is 0 Å². The Bertz CT molecular complexity index is 1270. The van der Waals surface area contributed by atoms with Crippen molar-refractivity contribution in [1.82, 2.24) is 4.98 Å². The van der Waals surface area contributed by atoms with E-state index in [9.17, 15) is 14.4 Å². The Morgan fingerprint density at radius 3 is 1.80 bits per heavy atom. The van der Waals surface area contributed by atoms with E-state index in [1.807, 2.05) is 33.8 Å². The maximum atomic E-state index is 12.6. The second-order valence-electron chi connectivity index (χ2n) is 17.7. The molecule has 2 aromatic heterocycles. The quantitative estimate of drug-likeness (QED) is 0.216. The van der Waals surface area contributed by atoms with Gasteiger partial charge in [-0.15, -0.1) is 0 Å².